The Morgan fingerprint density at radius 2 is 1.88 bits per heavy atom. The van der Waals surface area contributed by atoms with E-state index >= 15 is 0 Å². The molecule has 3 N–H and O–H groups in total. The maximum absolute atomic E-state index is 12.8. The van der Waals surface area contributed by atoms with Crippen molar-refractivity contribution in [3.63, 3.8) is 0 Å². The van der Waals surface area contributed by atoms with E-state index in [0.717, 1.165) is 17.2 Å². The standard InChI is InChI=1S/C12H15FN2OS/c13-9-1-3-10(4-2-9)15-12(11(14)16)5-7-17-8-6-12/h1-4,15H,5-8H2,(H2,14,16). The summed E-state index contributed by atoms with van der Waals surface area (Å²) in [7, 11) is 0. The van der Waals surface area contributed by atoms with Crippen molar-refractivity contribution in [2.45, 2.75) is 18.4 Å². The average Bonchev–Trinajstić information content (AvgIpc) is 2.33. The van der Waals surface area contributed by atoms with Crippen LogP contribution in [0.2, 0.25) is 0 Å². The minimum absolute atomic E-state index is 0.289. The quantitative estimate of drug-likeness (QED) is 0.867. The van der Waals surface area contributed by atoms with Gasteiger partial charge in [0.1, 0.15) is 11.4 Å². The number of nitrogens with one attached hydrogen (secondary N) is 1. The molecular weight excluding hydrogens is 239 g/mol. The Labute approximate surface area is 104 Å². The predicted molar refractivity (Wildman–Crippen MR) is 68.5 cm³/mol. The molecule has 1 aliphatic heterocycles. The fourth-order valence-electron chi connectivity index (χ4n) is 1.96. The van der Waals surface area contributed by atoms with Gasteiger partial charge in [0.25, 0.3) is 0 Å². The third-order valence-corrected chi connectivity index (χ3v) is 4.03. The van der Waals surface area contributed by atoms with E-state index in [1.807, 2.05) is 11.8 Å². The van der Waals surface area contributed by atoms with Crippen LogP contribution in [0.3, 0.4) is 0 Å². The molecule has 1 aromatic rings. The summed E-state index contributed by atoms with van der Waals surface area (Å²) in [5, 5.41) is 3.17. The van der Waals surface area contributed by atoms with Gasteiger partial charge in [0.2, 0.25) is 5.91 Å². The number of nitrogens with two attached hydrogens (primary N) is 1. The molecule has 2 rings (SSSR count). The Morgan fingerprint density at radius 3 is 2.41 bits per heavy atom. The second-order valence-electron chi connectivity index (χ2n) is 4.19. The Balaban J connectivity index is 2.17. The molecule has 5 heteroatoms. The minimum atomic E-state index is -0.678. The molecular formula is C12H15FN2OS. The number of benzene rings is 1. The van der Waals surface area contributed by atoms with Crippen molar-refractivity contribution in [2.24, 2.45) is 5.73 Å². The van der Waals surface area contributed by atoms with Crippen molar-refractivity contribution in [3.05, 3.63) is 30.1 Å². The molecule has 3 nitrogen and oxygen atoms in total. The summed E-state index contributed by atoms with van der Waals surface area (Å²) in [4.78, 5) is 11.6. The van der Waals surface area contributed by atoms with Crippen molar-refractivity contribution >= 4 is 23.4 Å². The molecule has 0 radical (unpaired) electrons. The number of amides is 1. The van der Waals surface area contributed by atoms with Gasteiger partial charge in [0.05, 0.1) is 0 Å². The smallest absolute Gasteiger partial charge is 0.243 e. The van der Waals surface area contributed by atoms with Crippen LogP contribution in [0.1, 0.15) is 12.8 Å². The zero-order valence-electron chi connectivity index (χ0n) is 9.41. The summed E-state index contributed by atoms with van der Waals surface area (Å²) in [6.45, 7) is 0. The number of hydrogen-bond donors (Lipinski definition) is 2. The van der Waals surface area contributed by atoms with Crippen molar-refractivity contribution in [3.8, 4) is 0 Å². The Hall–Kier alpha value is -1.23. The number of carbonyl (C=O) groups is 1. The van der Waals surface area contributed by atoms with Crippen LogP contribution in [-0.2, 0) is 4.79 Å². The molecule has 1 fully saturated rings. The van der Waals surface area contributed by atoms with E-state index in [9.17, 15) is 9.18 Å². The van der Waals surface area contributed by atoms with E-state index in [-0.39, 0.29) is 11.7 Å². The zero-order chi connectivity index (χ0) is 12.3. The lowest BCUT2D eigenvalue weighted by atomic mass is 9.91. The SMILES string of the molecule is NC(=O)C1(Nc2ccc(F)cc2)CCSCC1. The molecule has 1 aliphatic rings. The molecule has 0 spiro atoms. The first kappa shape index (κ1) is 12.2. The Bertz CT molecular complexity index is 401. The molecule has 0 bridgehead atoms. The van der Waals surface area contributed by atoms with Gasteiger partial charge in [-0.3, -0.25) is 4.79 Å². The number of carbonyl (C=O) groups excluding carboxylic acids is 1. The number of halogens is 1. The lowest BCUT2D eigenvalue weighted by Gasteiger charge is -2.35. The van der Waals surface area contributed by atoms with Gasteiger partial charge in [-0.2, -0.15) is 11.8 Å². The first-order chi connectivity index (χ1) is 8.12. The van der Waals surface area contributed by atoms with Crippen molar-refractivity contribution in [1.82, 2.24) is 0 Å². The zero-order valence-corrected chi connectivity index (χ0v) is 10.2. The maximum Gasteiger partial charge on any atom is 0.243 e. The number of rotatable bonds is 3. The van der Waals surface area contributed by atoms with E-state index in [0.29, 0.717) is 12.8 Å². The number of thioether (sulfide) groups is 1. The highest BCUT2D eigenvalue weighted by Gasteiger charge is 2.37. The summed E-state index contributed by atoms with van der Waals surface area (Å²) in [5.41, 5.74) is 5.55. The monoisotopic (exact) mass is 254 g/mol. The molecule has 17 heavy (non-hydrogen) atoms. The fraction of sp³-hybridized carbons (Fsp3) is 0.417. The van der Waals surface area contributed by atoms with Crippen LogP contribution < -0.4 is 11.1 Å². The third-order valence-electron chi connectivity index (χ3n) is 3.05. The molecule has 0 atom stereocenters. The molecule has 1 heterocycles. The molecule has 0 unspecified atom stereocenters. The highest BCUT2D eigenvalue weighted by Crippen LogP contribution is 2.30. The molecule has 0 aliphatic carbocycles. The summed E-state index contributed by atoms with van der Waals surface area (Å²) in [6, 6.07) is 5.99. The van der Waals surface area contributed by atoms with Crippen LogP contribution in [0, 0.1) is 5.82 Å². The van der Waals surface area contributed by atoms with Crippen molar-refractivity contribution in [2.75, 3.05) is 16.8 Å². The second-order valence-corrected chi connectivity index (χ2v) is 5.42. The van der Waals surface area contributed by atoms with E-state index in [1.165, 1.54) is 12.1 Å². The first-order valence-electron chi connectivity index (χ1n) is 5.54. The first-order valence-corrected chi connectivity index (χ1v) is 6.69. The van der Waals surface area contributed by atoms with Gasteiger partial charge in [-0.1, -0.05) is 0 Å². The van der Waals surface area contributed by atoms with Crippen LogP contribution in [0.5, 0.6) is 0 Å². The van der Waals surface area contributed by atoms with Gasteiger partial charge in [-0.25, -0.2) is 4.39 Å². The highest BCUT2D eigenvalue weighted by atomic mass is 32.2. The van der Waals surface area contributed by atoms with Gasteiger partial charge in [0, 0.05) is 5.69 Å². The molecule has 1 aromatic carbocycles. The molecule has 92 valence electrons. The molecule has 0 saturated carbocycles. The van der Waals surface area contributed by atoms with Gasteiger partial charge >= 0.3 is 0 Å². The molecule has 1 saturated heterocycles. The van der Waals surface area contributed by atoms with Crippen LogP contribution in [0.4, 0.5) is 10.1 Å². The lowest BCUT2D eigenvalue weighted by Crippen LogP contribution is -2.52. The Morgan fingerprint density at radius 1 is 1.29 bits per heavy atom. The van der Waals surface area contributed by atoms with E-state index in [1.54, 1.807) is 12.1 Å². The number of primary amides is 1. The fourth-order valence-corrected chi connectivity index (χ4v) is 3.15. The van der Waals surface area contributed by atoms with Crippen LogP contribution in [-0.4, -0.2) is 23.0 Å². The van der Waals surface area contributed by atoms with E-state index in [2.05, 4.69) is 5.32 Å². The highest BCUT2D eigenvalue weighted by molar-refractivity contribution is 7.99. The van der Waals surface area contributed by atoms with Gasteiger partial charge in [0.15, 0.2) is 0 Å². The van der Waals surface area contributed by atoms with Gasteiger partial charge < -0.3 is 11.1 Å². The summed E-state index contributed by atoms with van der Waals surface area (Å²) < 4.78 is 12.8. The van der Waals surface area contributed by atoms with Crippen LogP contribution in [0.15, 0.2) is 24.3 Å². The lowest BCUT2D eigenvalue weighted by molar-refractivity contribution is -0.122. The second kappa shape index (κ2) is 4.96. The van der Waals surface area contributed by atoms with E-state index in [4.69, 9.17) is 5.73 Å². The number of hydrogen-bond acceptors (Lipinski definition) is 3. The summed E-state index contributed by atoms with van der Waals surface area (Å²) >= 11 is 1.82. The summed E-state index contributed by atoms with van der Waals surface area (Å²) in [5.74, 6) is 1.21. The minimum Gasteiger partial charge on any atom is -0.371 e. The summed E-state index contributed by atoms with van der Waals surface area (Å²) in [6.07, 6.45) is 1.43. The third kappa shape index (κ3) is 2.72. The van der Waals surface area contributed by atoms with Crippen LogP contribution >= 0.6 is 11.8 Å². The predicted octanol–water partition coefficient (Wildman–Crippen LogP) is 1.99. The maximum atomic E-state index is 12.8. The largest absolute Gasteiger partial charge is 0.371 e. The van der Waals surface area contributed by atoms with Crippen molar-refractivity contribution in [1.29, 1.82) is 0 Å². The number of anilines is 1. The van der Waals surface area contributed by atoms with Crippen LogP contribution in [0.25, 0.3) is 0 Å². The molecule has 1 amide bonds. The average molecular weight is 254 g/mol. The van der Waals surface area contributed by atoms with Gasteiger partial charge in [-0.05, 0) is 48.6 Å². The van der Waals surface area contributed by atoms with E-state index < -0.39 is 5.54 Å². The van der Waals surface area contributed by atoms with Crippen molar-refractivity contribution < 1.29 is 9.18 Å². The molecule has 0 aromatic heterocycles. The Kier molecular flexibility index (Phi) is 3.57. The van der Waals surface area contributed by atoms with Gasteiger partial charge in [-0.15, -0.1) is 0 Å². The normalized spacial score (nSPS) is 18.6. The topological polar surface area (TPSA) is 55.1 Å².